The van der Waals surface area contributed by atoms with E-state index in [4.69, 9.17) is 0 Å². The molecule has 0 atom stereocenters. The average molecular weight is 269 g/mol. The second kappa shape index (κ2) is 5.12. The summed E-state index contributed by atoms with van der Waals surface area (Å²) in [6.45, 7) is 2.60. The lowest BCUT2D eigenvalue weighted by atomic mass is 10.4. The van der Waals surface area contributed by atoms with Gasteiger partial charge in [0.25, 0.3) is 0 Å². The van der Waals surface area contributed by atoms with Crippen molar-refractivity contribution in [3.63, 3.8) is 0 Å². The Kier molecular flexibility index (Phi) is 3.16. The van der Waals surface area contributed by atoms with Crippen LogP contribution in [0.25, 0.3) is 5.82 Å². The summed E-state index contributed by atoms with van der Waals surface area (Å²) in [6.07, 6.45) is 3.63. The summed E-state index contributed by atoms with van der Waals surface area (Å²) in [5, 5.41) is 19.9. The van der Waals surface area contributed by atoms with E-state index in [0.717, 1.165) is 17.2 Å². The Morgan fingerprint density at radius 1 is 1.15 bits per heavy atom. The molecular weight excluding hydrogens is 254 g/mol. The highest BCUT2D eigenvalue weighted by Crippen LogP contribution is 2.08. The van der Waals surface area contributed by atoms with Crippen LogP contribution in [0.3, 0.4) is 0 Å². The molecule has 7 nitrogen and oxygen atoms in total. The van der Waals surface area contributed by atoms with Crippen LogP contribution in [0.15, 0.2) is 36.7 Å². The molecule has 0 spiro atoms. The third-order valence-electron chi connectivity index (χ3n) is 2.98. The largest absolute Gasteiger partial charge is 0.363 e. The van der Waals surface area contributed by atoms with E-state index in [0.29, 0.717) is 12.4 Å². The molecule has 0 saturated carbocycles. The third kappa shape index (κ3) is 2.51. The van der Waals surface area contributed by atoms with Crippen LogP contribution in [0.2, 0.25) is 0 Å². The summed E-state index contributed by atoms with van der Waals surface area (Å²) >= 11 is 0. The lowest BCUT2D eigenvalue weighted by molar-refractivity contribution is 0.719. The van der Waals surface area contributed by atoms with Crippen LogP contribution in [0.1, 0.15) is 11.4 Å². The van der Waals surface area contributed by atoms with Crippen molar-refractivity contribution in [2.75, 3.05) is 5.32 Å². The minimum atomic E-state index is 0.658. The highest BCUT2D eigenvalue weighted by molar-refractivity contribution is 5.36. The van der Waals surface area contributed by atoms with Gasteiger partial charge in [-0.1, -0.05) is 0 Å². The molecule has 3 heterocycles. The zero-order valence-corrected chi connectivity index (χ0v) is 11.4. The average Bonchev–Trinajstić information content (AvgIpc) is 3.06. The van der Waals surface area contributed by atoms with Crippen molar-refractivity contribution in [3.05, 3.63) is 48.0 Å². The van der Waals surface area contributed by atoms with E-state index in [2.05, 4.69) is 25.7 Å². The number of rotatable bonds is 4. The van der Waals surface area contributed by atoms with Gasteiger partial charge >= 0.3 is 0 Å². The van der Waals surface area contributed by atoms with Gasteiger partial charge in [0.1, 0.15) is 5.82 Å². The molecule has 102 valence electrons. The molecule has 3 aromatic rings. The van der Waals surface area contributed by atoms with E-state index < -0.39 is 0 Å². The molecule has 7 heteroatoms. The molecule has 0 fully saturated rings. The van der Waals surface area contributed by atoms with Crippen LogP contribution in [0.5, 0.6) is 0 Å². The highest BCUT2D eigenvalue weighted by Gasteiger charge is 2.02. The van der Waals surface area contributed by atoms with E-state index >= 15 is 0 Å². The molecule has 1 N–H and O–H groups in total. The molecule has 0 aromatic carbocycles. The maximum Gasteiger partial charge on any atom is 0.175 e. The van der Waals surface area contributed by atoms with Crippen LogP contribution in [-0.2, 0) is 13.6 Å². The number of anilines is 1. The predicted molar refractivity (Wildman–Crippen MR) is 74.4 cm³/mol. The fourth-order valence-electron chi connectivity index (χ4n) is 1.84. The number of hydrogen-bond donors (Lipinski definition) is 1. The number of aromatic nitrogens is 6. The minimum Gasteiger partial charge on any atom is -0.363 e. The van der Waals surface area contributed by atoms with Gasteiger partial charge < -0.3 is 5.32 Å². The maximum absolute atomic E-state index is 4.29. The minimum absolute atomic E-state index is 0.658. The third-order valence-corrected chi connectivity index (χ3v) is 2.98. The second-order valence-electron chi connectivity index (χ2n) is 4.48. The van der Waals surface area contributed by atoms with Gasteiger partial charge in [0, 0.05) is 19.4 Å². The van der Waals surface area contributed by atoms with Crippen LogP contribution >= 0.6 is 0 Å². The number of aryl methyl sites for hydroxylation is 2. The smallest absolute Gasteiger partial charge is 0.175 e. The Balaban J connectivity index is 1.69. The SMILES string of the molecule is Cc1ccn(-c2ccc(NCc3ccnn3C)nn2)n1. The first-order valence-corrected chi connectivity index (χ1v) is 6.29. The molecular formula is C13H15N7. The molecule has 20 heavy (non-hydrogen) atoms. The Hall–Kier alpha value is -2.70. The van der Waals surface area contributed by atoms with E-state index in [1.54, 1.807) is 10.9 Å². The quantitative estimate of drug-likeness (QED) is 0.773. The molecule has 0 radical (unpaired) electrons. The van der Waals surface area contributed by atoms with Gasteiger partial charge in [-0.3, -0.25) is 4.68 Å². The zero-order valence-electron chi connectivity index (χ0n) is 11.4. The zero-order chi connectivity index (χ0) is 13.9. The second-order valence-corrected chi connectivity index (χ2v) is 4.48. The van der Waals surface area contributed by atoms with Crippen molar-refractivity contribution in [2.24, 2.45) is 7.05 Å². The van der Waals surface area contributed by atoms with Crippen LogP contribution in [0.4, 0.5) is 5.82 Å². The molecule has 3 aromatic heterocycles. The van der Waals surface area contributed by atoms with Gasteiger partial charge in [0.2, 0.25) is 0 Å². The normalized spacial score (nSPS) is 10.7. The highest BCUT2D eigenvalue weighted by atomic mass is 15.3. The summed E-state index contributed by atoms with van der Waals surface area (Å²) in [6, 6.07) is 7.65. The fourth-order valence-corrected chi connectivity index (χ4v) is 1.84. The molecule has 0 aliphatic carbocycles. The van der Waals surface area contributed by atoms with Gasteiger partial charge in [-0.05, 0) is 31.2 Å². The number of nitrogens with zero attached hydrogens (tertiary/aromatic N) is 6. The van der Waals surface area contributed by atoms with Crippen molar-refractivity contribution in [1.82, 2.24) is 29.8 Å². The van der Waals surface area contributed by atoms with Crippen molar-refractivity contribution in [1.29, 1.82) is 0 Å². The van der Waals surface area contributed by atoms with Gasteiger partial charge in [-0.2, -0.15) is 10.2 Å². The van der Waals surface area contributed by atoms with Crippen molar-refractivity contribution in [2.45, 2.75) is 13.5 Å². The Labute approximate surface area is 116 Å². The predicted octanol–water partition coefficient (Wildman–Crippen LogP) is 1.32. The van der Waals surface area contributed by atoms with Crippen LogP contribution in [-0.4, -0.2) is 29.8 Å². The Morgan fingerprint density at radius 2 is 2.05 bits per heavy atom. The van der Waals surface area contributed by atoms with Gasteiger partial charge in [-0.25, -0.2) is 4.68 Å². The standard InChI is InChI=1S/C13H15N7/c1-10-6-8-20(18-10)13-4-3-12(16-17-13)14-9-11-5-7-15-19(11)2/h3-8H,9H2,1-2H3,(H,14,16). The van der Waals surface area contributed by atoms with Gasteiger partial charge in [0.05, 0.1) is 17.9 Å². The first-order chi connectivity index (χ1) is 9.72. The lowest BCUT2D eigenvalue weighted by Gasteiger charge is -2.06. The maximum atomic E-state index is 4.29. The Bertz CT molecular complexity index is 696. The summed E-state index contributed by atoms with van der Waals surface area (Å²) in [5.74, 6) is 1.42. The van der Waals surface area contributed by atoms with E-state index in [9.17, 15) is 0 Å². The van der Waals surface area contributed by atoms with E-state index in [-0.39, 0.29) is 0 Å². The number of nitrogens with one attached hydrogen (secondary N) is 1. The van der Waals surface area contributed by atoms with E-state index in [1.807, 2.05) is 49.1 Å². The van der Waals surface area contributed by atoms with Crippen LogP contribution < -0.4 is 5.32 Å². The van der Waals surface area contributed by atoms with E-state index in [1.165, 1.54) is 0 Å². The van der Waals surface area contributed by atoms with Gasteiger partial charge in [0.15, 0.2) is 5.82 Å². The van der Waals surface area contributed by atoms with Crippen LogP contribution in [0, 0.1) is 6.92 Å². The summed E-state index contributed by atoms with van der Waals surface area (Å²) in [4.78, 5) is 0. The summed E-state index contributed by atoms with van der Waals surface area (Å²) in [5.41, 5.74) is 2.03. The molecule has 3 rings (SSSR count). The molecule has 0 bridgehead atoms. The fraction of sp³-hybridized carbons (Fsp3) is 0.231. The monoisotopic (exact) mass is 269 g/mol. The first-order valence-electron chi connectivity index (χ1n) is 6.29. The molecule has 0 amide bonds. The topological polar surface area (TPSA) is 73.5 Å². The number of hydrogen-bond acceptors (Lipinski definition) is 5. The van der Waals surface area contributed by atoms with Crippen molar-refractivity contribution >= 4 is 5.82 Å². The molecule has 0 aliphatic rings. The Morgan fingerprint density at radius 3 is 2.65 bits per heavy atom. The summed E-state index contributed by atoms with van der Waals surface area (Å²) < 4.78 is 3.52. The summed E-state index contributed by atoms with van der Waals surface area (Å²) in [7, 11) is 1.91. The first kappa shape index (κ1) is 12.3. The van der Waals surface area contributed by atoms with Crippen molar-refractivity contribution in [3.8, 4) is 5.82 Å². The molecule has 0 aliphatic heterocycles. The molecule has 0 saturated heterocycles. The molecule has 0 unspecified atom stereocenters. The lowest BCUT2D eigenvalue weighted by Crippen LogP contribution is -2.08. The van der Waals surface area contributed by atoms with Crippen molar-refractivity contribution < 1.29 is 0 Å². The van der Waals surface area contributed by atoms with Gasteiger partial charge in [-0.15, -0.1) is 10.2 Å².